The van der Waals surface area contributed by atoms with E-state index in [-0.39, 0.29) is 6.10 Å². The van der Waals surface area contributed by atoms with Gasteiger partial charge in [-0.1, -0.05) is 6.92 Å². The Hall–Kier alpha value is -0.120. The number of nitrogens with zero attached hydrogens (tertiary/aromatic N) is 1. The molecule has 0 bridgehead atoms. The van der Waals surface area contributed by atoms with Crippen molar-refractivity contribution in [2.45, 2.75) is 63.7 Å². The molecule has 1 aliphatic carbocycles. The number of piperidine rings is 1. The van der Waals surface area contributed by atoms with Crippen molar-refractivity contribution in [1.82, 2.24) is 4.90 Å². The summed E-state index contributed by atoms with van der Waals surface area (Å²) in [5, 5.41) is 9.92. The minimum atomic E-state index is -0.0927. The Morgan fingerprint density at radius 3 is 2.81 bits per heavy atom. The Labute approximate surface area is 98.8 Å². The molecule has 0 radical (unpaired) electrons. The van der Waals surface area contributed by atoms with E-state index in [1.54, 1.807) is 0 Å². The van der Waals surface area contributed by atoms with Crippen molar-refractivity contribution in [2.75, 3.05) is 19.7 Å². The summed E-state index contributed by atoms with van der Waals surface area (Å²) < 4.78 is 5.83. The van der Waals surface area contributed by atoms with Gasteiger partial charge in [0.1, 0.15) is 0 Å². The second kappa shape index (κ2) is 5.99. The number of aliphatic hydroxyl groups excluding tert-OH is 1. The van der Waals surface area contributed by atoms with Crippen molar-refractivity contribution >= 4 is 0 Å². The largest absolute Gasteiger partial charge is 0.391 e. The number of hydrogen-bond donors (Lipinski definition) is 1. The van der Waals surface area contributed by atoms with Crippen LogP contribution in [-0.2, 0) is 4.74 Å². The van der Waals surface area contributed by atoms with E-state index in [1.165, 1.54) is 25.7 Å². The first-order valence-corrected chi connectivity index (χ1v) is 6.85. The summed E-state index contributed by atoms with van der Waals surface area (Å²) in [4.78, 5) is 2.46. The van der Waals surface area contributed by atoms with Gasteiger partial charge in [0.2, 0.25) is 0 Å². The quantitative estimate of drug-likeness (QED) is 0.795. The molecule has 0 spiro atoms. The maximum absolute atomic E-state index is 9.92. The lowest BCUT2D eigenvalue weighted by Gasteiger charge is -2.37. The zero-order valence-corrected chi connectivity index (χ0v) is 10.4. The van der Waals surface area contributed by atoms with Crippen LogP contribution < -0.4 is 0 Å². The van der Waals surface area contributed by atoms with Crippen LogP contribution in [0.4, 0.5) is 0 Å². The number of aliphatic hydroxyl groups is 1. The molecule has 1 aliphatic heterocycles. The molecule has 0 aromatic rings. The average molecular weight is 227 g/mol. The molecule has 2 rings (SSSR count). The fourth-order valence-corrected chi connectivity index (χ4v) is 3.03. The van der Waals surface area contributed by atoms with Crippen LogP contribution >= 0.6 is 0 Å². The van der Waals surface area contributed by atoms with Gasteiger partial charge in [0.05, 0.1) is 12.2 Å². The van der Waals surface area contributed by atoms with Crippen molar-refractivity contribution in [1.29, 1.82) is 0 Å². The molecule has 1 unspecified atom stereocenters. The Kier molecular flexibility index (Phi) is 4.62. The van der Waals surface area contributed by atoms with Crippen molar-refractivity contribution < 1.29 is 9.84 Å². The molecule has 3 nitrogen and oxygen atoms in total. The third-order valence-corrected chi connectivity index (χ3v) is 3.88. The standard InChI is InChI=1S/C13H25NO2/c1-2-9-16-11-5-4-8-14(10-11)12-6-3-7-13(12)15/h11-13,15H,2-10H2,1H3/t11?,12-,13-/m0/s1. The molecule has 2 fully saturated rings. The lowest BCUT2D eigenvalue weighted by atomic mass is 10.0. The summed E-state index contributed by atoms with van der Waals surface area (Å²) in [6.07, 6.45) is 7.16. The molecule has 94 valence electrons. The van der Waals surface area contributed by atoms with Crippen LogP contribution in [0.2, 0.25) is 0 Å². The lowest BCUT2D eigenvalue weighted by Crippen LogP contribution is -2.48. The maximum Gasteiger partial charge on any atom is 0.0702 e. The molecule has 1 N–H and O–H groups in total. The minimum absolute atomic E-state index is 0.0927. The molecule has 0 amide bonds. The zero-order valence-electron chi connectivity index (χ0n) is 10.4. The Morgan fingerprint density at radius 1 is 1.25 bits per heavy atom. The summed E-state index contributed by atoms with van der Waals surface area (Å²) in [6.45, 7) is 5.21. The summed E-state index contributed by atoms with van der Waals surface area (Å²) in [7, 11) is 0. The normalized spacial score (nSPS) is 36.8. The molecule has 0 aromatic carbocycles. The molecule has 1 saturated carbocycles. The molecule has 2 aliphatic rings. The van der Waals surface area contributed by atoms with Gasteiger partial charge in [0.15, 0.2) is 0 Å². The zero-order chi connectivity index (χ0) is 11.4. The molecule has 0 aromatic heterocycles. The van der Waals surface area contributed by atoms with Gasteiger partial charge in [-0.3, -0.25) is 4.90 Å². The van der Waals surface area contributed by atoms with Gasteiger partial charge in [0, 0.05) is 19.2 Å². The van der Waals surface area contributed by atoms with E-state index in [4.69, 9.17) is 4.74 Å². The van der Waals surface area contributed by atoms with E-state index in [0.29, 0.717) is 12.1 Å². The van der Waals surface area contributed by atoms with Crippen LogP contribution in [0.5, 0.6) is 0 Å². The lowest BCUT2D eigenvalue weighted by molar-refractivity contribution is -0.0289. The van der Waals surface area contributed by atoms with Crippen molar-refractivity contribution in [2.24, 2.45) is 0 Å². The van der Waals surface area contributed by atoms with Gasteiger partial charge in [-0.25, -0.2) is 0 Å². The number of ether oxygens (including phenoxy) is 1. The van der Waals surface area contributed by atoms with Crippen LogP contribution in [0, 0.1) is 0 Å². The van der Waals surface area contributed by atoms with Crippen molar-refractivity contribution in [3.63, 3.8) is 0 Å². The summed E-state index contributed by atoms with van der Waals surface area (Å²) in [5.74, 6) is 0. The molecular weight excluding hydrogens is 202 g/mol. The number of hydrogen-bond acceptors (Lipinski definition) is 3. The highest BCUT2D eigenvalue weighted by molar-refractivity contribution is 4.88. The SMILES string of the molecule is CCCOC1CCCN([C@H]2CCC[C@@H]2O)C1. The number of rotatable bonds is 4. The van der Waals surface area contributed by atoms with E-state index < -0.39 is 0 Å². The first-order valence-electron chi connectivity index (χ1n) is 6.85. The van der Waals surface area contributed by atoms with E-state index in [0.717, 1.165) is 32.5 Å². The number of likely N-dealkylation sites (tertiary alicyclic amines) is 1. The van der Waals surface area contributed by atoms with Crippen LogP contribution in [0.25, 0.3) is 0 Å². The van der Waals surface area contributed by atoms with Crippen LogP contribution in [0.15, 0.2) is 0 Å². The highest BCUT2D eigenvalue weighted by atomic mass is 16.5. The third kappa shape index (κ3) is 2.96. The first-order chi connectivity index (χ1) is 7.81. The minimum Gasteiger partial charge on any atom is -0.391 e. The summed E-state index contributed by atoms with van der Waals surface area (Å²) >= 11 is 0. The van der Waals surface area contributed by atoms with E-state index in [2.05, 4.69) is 11.8 Å². The first kappa shape index (κ1) is 12.3. The summed E-state index contributed by atoms with van der Waals surface area (Å²) in [5.41, 5.74) is 0. The molecule has 1 saturated heterocycles. The average Bonchev–Trinajstić information content (AvgIpc) is 2.73. The van der Waals surface area contributed by atoms with E-state index >= 15 is 0 Å². The van der Waals surface area contributed by atoms with Crippen LogP contribution in [-0.4, -0.2) is 48.0 Å². The maximum atomic E-state index is 9.92. The predicted octanol–water partition coefficient (Wildman–Crippen LogP) is 1.79. The topological polar surface area (TPSA) is 32.7 Å². The Bertz CT molecular complexity index is 210. The fourth-order valence-electron chi connectivity index (χ4n) is 3.03. The van der Waals surface area contributed by atoms with Gasteiger partial charge in [-0.05, 0) is 45.1 Å². The van der Waals surface area contributed by atoms with E-state index in [9.17, 15) is 5.11 Å². The fraction of sp³-hybridized carbons (Fsp3) is 1.00. The van der Waals surface area contributed by atoms with Gasteiger partial charge < -0.3 is 9.84 Å². The van der Waals surface area contributed by atoms with Gasteiger partial charge in [-0.2, -0.15) is 0 Å². The predicted molar refractivity (Wildman–Crippen MR) is 64.5 cm³/mol. The smallest absolute Gasteiger partial charge is 0.0702 e. The molecule has 16 heavy (non-hydrogen) atoms. The Balaban J connectivity index is 1.81. The highest BCUT2D eigenvalue weighted by Gasteiger charge is 2.33. The third-order valence-electron chi connectivity index (χ3n) is 3.88. The second-order valence-corrected chi connectivity index (χ2v) is 5.20. The van der Waals surface area contributed by atoms with Crippen molar-refractivity contribution in [3.8, 4) is 0 Å². The highest BCUT2D eigenvalue weighted by Crippen LogP contribution is 2.27. The van der Waals surface area contributed by atoms with Gasteiger partial charge >= 0.3 is 0 Å². The van der Waals surface area contributed by atoms with Crippen LogP contribution in [0.1, 0.15) is 45.4 Å². The van der Waals surface area contributed by atoms with Crippen LogP contribution in [0.3, 0.4) is 0 Å². The summed E-state index contributed by atoms with van der Waals surface area (Å²) in [6, 6.07) is 0.410. The monoisotopic (exact) mass is 227 g/mol. The Morgan fingerprint density at radius 2 is 2.12 bits per heavy atom. The molecule has 1 heterocycles. The van der Waals surface area contributed by atoms with Gasteiger partial charge in [0.25, 0.3) is 0 Å². The van der Waals surface area contributed by atoms with Crippen molar-refractivity contribution in [3.05, 3.63) is 0 Å². The molecular formula is C13H25NO2. The second-order valence-electron chi connectivity index (χ2n) is 5.20. The molecule has 3 atom stereocenters. The van der Waals surface area contributed by atoms with E-state index in [1.807, 2.05) is 0 Å². The molecule has 3 heteroatoms. The van der Waals surface area contributed by atoms with Gasteiger partial charge in [-0.15, -0.1) is 0 Å².